The fourth-order valence-electron chi connectivity index (χ4n) is 2.42. The summed E-state index contributed by atoms with van der Waals surface area (Å²) >= 11 is 6.21. The molecule has 0 aliphatic carbocycles. The quantitative estimate of drug-likeness (QED) is 0.591. The summed E-state index contributed by atoms with van der Waals surface area (Å²) in [6.07, 6.45) is 0. The molecule has 0 aliphatic heterocycles. The highest BCUT2D eigenvalue weighted by Gasteiger charge is 2.10. The summed E-state index contributed by atoms with van der Waals surface area (Å²) in [5, 5.41) is 16.4. The molecule has 5 nitrogen and oxygen atoms in total. The average molecular weight is 369 g/mol. The van der Waals surface area contributed by atoms with Crippen molar-refractivity contribution in [3.05, 3.63) is 65.2 Å². The van der Waals surface area contributed by atoms with Crippen LogP contribution in [0.2, 0.25) is 5.02 Å². The lowest BCUT2D eigenvalue weighted by atomic mass is 10.1. The summed E-state index contributed by atoms with van der Waals surface area (Å²) in [5.74, 6) is 1.10. The van der Waals surface area contributed by atoms with Crippen LogP contribution in [0.3, 0.4) is 0 Å². The standard InChI is InChI=1S/C20H21ClN4O/c1-13-8-9-16(10-17(13)21)23-19-11-18(15-6-4-3-5-7-15)24-20(25-19)22-14(2)12-26/h3-11,14,26H,12H2,1-2H3,(H2,22,23,24,25)/t14-/m1/s1. The van der Waals surface area contributed by atoms with Gasteiger partial charge in [0.15, 0.2) is 0 Å². The largest absolute Gasteiger partial charge is 0.394 e. The zero-order valence-corrected chi connectivity index (χ0v) is 15.5. The number of anilines is 3. The molecule has 0 unspecified atom stereocenters. The highest BCUT2D eigenvalue weighted by Crippen LogP contribution is 2.26. The average Bonchev–Trinajstić information content (AvgIpc) is 2.65. The lowest BCUT2D eigenvalue weighted by molar-refractivity contribution is 0.281. The van der Waals surface area contributed by atoms with Crippen LogP contribution in [-0.2, 0) is 0 Å². The van der Waals surface area contributed by atoms with Crippen molar-refractivity contribution >= 4 is 29.1 Å². The molecule has 0 saturated carbocycles. The Morgan fingerprint density at radius 3 is 2.54 bits per heavy atom. The molecule has 0 radical (unpaired) electrons. The number of aryl methyl sites for hydroxylation is 1. The predicted molar refractivity (Wildman–Crippen MR) is 107 cm³/mol. The Kier molecular flexibility index (Phi) is 5.71. The summed E-state index contributed by atoms with van der Waals surface area (Å²) in [4.78, 5) is 9.07. The van der Waals surface area contributed by atoms with Gasteiger partial charge >= 0.3 is 0 Å². The van der Waals surface area contributed by atoms with Gasteiger partial charge in [-0.2, -0.15) is 4.98 Å². The SMILES string of the molecule is Cc1ccc(Nc2cc(-c3ccccc3)nc(N[C@H](C)CO)n2)cc1Cl. The lowest BCUT2D eigenvalue weighted by Gasteiger charge is -2.14. The van der Waals surface area contributed by atoms with Gasteiger partial charge in [-0.25, -0.2) is 4.98 Å². The maximum atomic E-state index is 9.30. The Bertz CT molecular complexity index is 886. The highest BCUT2D eigenvalue weighted by molar-refractivity contribution is 6.31. The molecule has 0 saturated heterocycles. The smallest absolute Gasteiger partial charge is 0.225 e. The van der Waals surface area contributed by atoms with Crippen molar-refractivity contribution in [3.8, 4) is 11.3 Å². The van der Waals surface area contributed by atoms with E-state index in [1.165, 1.54) is 0 Å². The summed E-state index contributed by atoms with van der Waals surface area (Å²) in [7, 11) is 0. The molecule has 3 rings (SSSR count). The van der Waals surface area contributed by atoms with Gasteiger partial charge in [0, 0.05) is 28.4 Å². The van der Waals surface area contributed by atoms with Crippen molar-refractivity contribution in [2.24, 2.45) is 0 Å². The molecule has 3 aromatic rings. The molecule has 0 aliphatic rings. The molecule has 134 valence electrons. The number of aromatic nitrogens is 2. The number of nitrogens with zero attached hydrogens (tertiary/aromatic N) is 2. The third-order valence-corrected chi connectivity index (χ3v) is 4.30. The molecule has 0 bridgehead atoms. The van der Waals surface area contributed by atoms with Crippen LogP contribution in [0.5, 0.6) is 0 Å². The van der Waals surface area contributed by atoms with Crippen LogP contribution in [-0.4, -0.2) is 27.7 Å². The second kappa shape index (κ2) is 8.17. The second-order valence-electron chi connectivity index (χ2n) is 6.14. The van der Waals surface area contributed by atoms with E-state index in [0.29, 0.717) is 16.8 Å². The third-order valence-electron chi connectivity index (χ3n) is 3.89. The number of hydrogen-bond acceptors (Lipinski definition) is 5. The maximum Gasteiger partial charge on any atom is 0.225 e. The molecular formula is C20H21ClN4O. The number of rotatable bonds is 6. The monoisotopic (exact) mass is 368 g/mol. The van der Waals surface area contributed by atoms with Gasteiger partial charge in [0.25, 0.3) is 0 Å². The van der Waals surface area contributed by atoms with E-state index in [4.69, 9.17) is 11.6 Å². The Morgan fingerprint density at radius 2 is 1.85 bits per heavy atom. The van der Waals surface area contributed by atoms with Gasteiger partial charge in [-0.15, -0.1) is 0 Å². The molecule has 26 heavy (non-hydrogen) atoms. The van der Waals surface area contributed by atoms with Crippen molar-refractivity contribution in [2.45, 2.75) is 19.9 Å². The molecule has 0 fully saturated rings. The van der Waals surface area contributed by atoms with Gasteiger partial charge in [0.05, 0.1) is 12.3 Å². The number of hydrogen-bond donors (Lipinski definition) is 3. The van der Waals surface area contributed by atoms with E-state index in [9.17, 15) is 5.11 Å². The van der Waals surface area contributed by atoms with Crippen LogP contribution >= 0.6 is 11.6 Å². The molecule has 2 aromatic carbocycles. The van der Waals surface area contributed by atoms with E-state index in [1.807, 2.05) is 68.4 Å². The van der Waals surface area contributed by atoms with Crippen molar-refractivity contribution < 1.29 is 5.11 Å². The first-order valence-corrected chi connectivity index (χ1v) is 8.78. The van der Waals surface area contributed by atoms with Crippen molar-refractivity contribution in [1.82, 2.24) is 9.97 Å². The number of aliphatic hydroxyl groups excluding tert-OH is 1. The van der Waals surface area contributed by atoms with Gasteiger partial charge in [0.2, 0.25) is 5.95 Å². The first kappa shape index (κ1) is 18.2. The van der Waals surface area contributed by atoms with Gasteiger partial charge in [-0.1, -0.05) is 48.0 Å². The first-order chi connectivity index (χ1) is 12.5. The normalized spacial score (nSPS) is 11.8. The summed E-state index contributed by atoms with van der Waals surface area (Å²) in [6.45, 7) is 3.82. The van der Waals surface area contributed by atoms with E-state index in [2.05, 4.69) is 20.6 Å². The molecule has 1 atom stereocenters. The van der Waals surface area contributed by atoms with E-state index >= 15 is 0 Å². The Balaban J connectivity index is 1.97. The summed E-state index contributed by atoms with van der Waals surface area (Å²) in [6, 6.07) is 17.4. The fraction of sp³-hybridized carbons (Fsp3) is 0.200. The second-order valence-corrected chi connectivity index (χ2v) is 6.55. The van der Waals surface area contributed by atoms with E-state index in [0.717, 1.165) is 22.5 Å². The minimum Gasteiger partial charge on any atom is -0.394 e. The van der Waals surface area contributed by atoms with Gasteiger partial charge in [-0.3, -0.25) is 0 Å². The third kappa shape index (κ3) is 4.50. The van der Waals surface area contributed by atoms with Crippen LogP contribution in [0.1, 0.15) is 12.5 Å². The Hall–Kier alpha value is -2.63. The molecule has 1 aromatic heterocycles. The van der Waals surface area contributed by atoms with Crippen LogP contribution in [0.15, 0.2) is 54.6 Å². The zero-order valence-electron chi connectivity index (χ0n) is 14.7. The first-order valence-electron chi connectivity index (χ1n) is 8.40. The molecule has 0 amide bonds. The minimum atomic E-state index is -0.150. The molecule has 6 heteroatoms. The predicted octanol–water partition coefficient (Wildman–Crippen LogP) is 4.64. The van der Waals surface area contributed by atoms with Crippen molar-refractivity contribution in [3.63, 3.8) is 0 Å². The summed E-state index contributed by atoms with van der Waals surface area (Å²) < 4.78 is 0. The Morgan fingerprint density at radius 1 is 1.08 bits per heavy atom. The van der Waals surface area contributed by atoms with E-state index in [-0.39, 0.29) is 12.6 Å². The fourth-order valence-corrected chi connectivity index (χ4v) is 2.60. The number of halogens is 1. The van der Waals surface area contributed by atoms with Gasteiger partial charge < -0.3 is 15.7 Å². The van der Waals surface area contributed by atoms with Crippen LogP contribution in [0, 0.1) is 6.92 Å². The van der Waals surface area contributed by atoms with Crippen LogP contribution in [0.25, 0.3) is 11.3 Å². The van der Waals surface area contributed by atoms with E-state index in [1.54, 1.807) is 0 Å². The van der Waals surface area contributed by atoms with Crippen LogP contribution in [0.4, 0.5) is 17.5 Å². The Labute approximate surface area is 158 Å². The lowest BCUT2D eigenvalue weighted by Crippen LogP contribution is -2.21. The molecule has 3 N–H and O–H groups in total. The zero-order chi connectivity index (χ0) is 18.5. The van der Waals surface area contributed by atoms with Gasteiger partial charge in [-0.05, 0) is 31.5 Å². The number of aliphatic hydroxyl groups is 1. The molecule has 0 spiro atoms. The highest BCUT2D eigenvalue weighted by atomic mass is 35.5. The maximum absolute atomic E-state index is 9.30. The minimum absolute atomic E-state index is 0.00471. The summed E-state index contributed by atoms with van der Waals surface area (Å²) in [5.41, 5.74) is 3.64. The van der Waals surface area contributed by atoms with Crippen LogP contribution < -0.4 is 10.6 Å². The van der Waals surface area contributed by atoms with Crippen molar-refractivity contribution in [1.29, 1.82) is 0 Å². The van der Waals surface area contributed by atoms with E-state index < -0.39 is 0 Å². The van der Waals surface area contributed by atoms with Crippen molar-refractivity contribution in [2.75, 3.05) is 17.2 Å². The molecular weight excluding hydrogens is 348 g/mol. The topological polar surface area (TPSA) is 70.1 Å². The number of benzene rings is 2. The van der Waals surface area contributed by atoms with Gasteiger partial charge in [0.1, 0.15) is 5.82 Å². The number of nitrogens with one attached hydrogen (secondary N) is 2. The molecule has 1 heterocycles.